The SMILES string of the molecule is c1ccc(N(c2ccc3c(c2)C2(c4ccccc4-c4ccccc42)c2ccccc2-3)c2cccc3ccccc23)c(-c2cccc3sc4ccccc4c23)c1. The molecule has 0 atom stereocenters. The molecule has 0 bridgehead atoms. The summed E-state index contributed by atoms with van der Waals surface area (Å²) >= 11 is 1.87. The van der Waals surface area contributed by atoms with Crippen molar-refractivity contribution in [3.05, 3.63) is 222 Å². The van der Waals surface area contributed by atoms with E-state index in [2.05, 4.69) is 205 Å². The summed E-state index contributed by atoms with van der Waals surface area (Å²) in [5.74, 6) is 0. The van der Waals surface area contributed by atoms with Crippen LogP contribution in [-0.2, 0) is 5.41 Å². The van der Waals surface area contributed by atoms with Crippen molar-refractivity contribution in [2.45, 2.75) is 5.41 Å². The Morgan fingerprint density at radius 3 is 1.60 bits per heavy atom. The molecule has 10 aromatic rings. The third-order valence-electron chi connectivity index (χ3n) is 12.1. The molecule has 0 saturated heterocycles. The number of anilines is 3. The Kier molecular flexibility index (Phi) is 6.49. The van der Waals surface area contributed by atoms with Gasteiger partial charge in [-0.3, -0.25) is 0 Å². The Hall–Kier alpha value is -6.74. The van der Waals surface area contributed by atoms with Crippen LogP contribution in [0.1, 0.15) is 22.3 Å². The zero-order valence-electron chi connectivity index (χ0n) is 29.9. The molecule has 256 valence electrons. The molecule has 1 heterocycles. The van der Waals surface area contributed by atoms with Crippen molar-refractivity contribution in [1.82, 2.24) is 0 Å². The molecule has 55 heavy (non-hydrogen) atoms. The number of nitrogens with zero attached hydrogens (tertiary/aromatic N) is 1. The Morgan fingerprint density at radius 2 is 0.855 bits per heavy atom. The Bertz CT molecular complexity index is 3120. The molecule has 0 saturated carbocycles. The predicted molar refractivity (Wildman–Crippen MR) is 233 cm³/mol. The van der Waals surface area contributed by atoms with Crippen LogP contribution in [0, 0.1) is 0 Å². The highest BCUT2D eigenvalue weighted by Gasteiger charge is 2.51. The highest BCUT2D eigenvalue weighted by molar-refractivity contribution is 7.25. The Labute approximate surface area is 324 Å². The molecule has 1 aromatic heterocycles. The van der Waals surface area contributed by atoms with E-state index in [4.69, 9.17) is 0 Å². The van der Waals surface area contributed by atoms with Crippen molar-refractivity contribution in [2.24, 2.45) is 0 Å². The van der Waals surface area contributed by atoms with Gasteiger partial charge in [0.05, 0.1) is 16.8 Å². The third kappa shape index (κ3) is 4.18. The van der Waals surface area contributed by atoms with Gasteiger partial charge in [-0.1, -0.05) is 164 Å². The highest BCUT2D eigenvalue weighted by atomic mass is 32.1. The first-order valence-corrected chi connectivity index (χ1v) is 19.8. The monoisotopic (exact) mass is 715 g/mol. The van der Waals surface area contributed by atoms with E-state index in [-0.39, 0.29) is 0 Å². The zero-order chi connectivity index (χ0) is 36.1. The molecular weight excluding hydrogens is 683 g/mol. The zero-order valence-corrected chi connectivity index (χ0v) is 30.7. The molecule has 0 amide bonds. The average molecular weight is 716 g/mol. The maximum absolute atomic E-state index is 2.52. The van der Waals surface area contributed by atoms with Crippen LogP contribution in [-0.4, -0.2) is 0 Å². The lowest BCUT2D eigenvalue weighted by atomic mass is 9.70. The summed E-state index contributed by atoms with van der Waals surface area (Å²) in [6, 6.07) is 74.6. The van der Waals surface area contributed by atoms with Crippen molar-refractivity contribution in [1.29, 1.82) is 0 Å². The minimum atomic E-state index is -0.430. The van der Waals surface area contributed by atoms with Crippen molar-refractivity contribution < 1.29 is 0 Å². The van der Waals surface area contributed by atoms with Gasteiger partial charge in [0.2, 0.25) is 0 Å². The minimum absolute atomic E-state index is 0.430. The number of hydrogen-bond acceptors (Lipinski definition) is 2. The second-order valence-electron chi connectivity index (χ2n) is 14.7. The second kappa shape index (κ2) is 11.6. The largest absolute Gasteiger partial charge is 0.309 e. The van der Waals surface area contributed by atoms with Gasteiger partial charge in [0.1, 0.15) is 0 Å². The van der Waals surface area contributed by atoms with Gasteiger partial charge in [-0.2, -0.15) is 0 Å². The third-order valence-corrected chi connectivity index (χ3v) is 13.2. The van der Waals surface area contributed by atoms with Gasteiger partial charge in [0, 0.05) is 36.8 Å². The van der Waals surface area contributed by atoms with E-state index >= 15 is 0 Å². The van der Waals surface area contributed by atoms with Crippen LogP contribution in [0.3, 0.4) is 0 Å². The first kappa shape index (κ1) is 30.7. The number of fused-ring (bicyclic) bond motifs is 14. The molecule has 0 unspecified atom stereocenters. The normalized spacial score (nSPS) is 13.2. The van der Waals surface area contributed by atoms with Gasteiger partial charge >= 0.3 is 0 Å². The van der Waals surface area contributed by atoms with Crippen LogP contribution in [0.2, 0.25) is 0 Å². The Balaban J connectivity index is 1.17. The number of benzene rings is 9. The highest BCUT2D eigenvalue weighted by Crippen LogP contribution is 2.63. The number of rotatable bonds is 4. The average Bonchev–Trinajstić information content (AvgIpc) is 3.88. The first-order chi connectivity index (χ1) is 27.3. The van der Waals surface area contributed by atoms with Gasteiger partial charge in [-0.25, -0.2) is 0 Å². The molecule has 9 aromatic carbocycles. The van der Waals surface area contributed by atoms with Crippen LogP contribution in [0.4, 0.5) is 17.1 Å². The van der Waals surface area contributed by atoms with Crippen molar-refractivity contribution in [3.63, 3.8) is 0 Å². The lowest BCUT2D eigenvalue weighted by molar-refractivity contribution is 0.793. The predicted octanol–water partition coefficient (Wildman–Crippen LogP) is 14.7. The van der Waals surface area contributed by atoms with Crippen molar-refractivity contribution in [3.8, 4) is 33.4 Å². The fraction of sp³-hybridized carbons (Fsp3) is 0.0189. The van der Waals surface area contributed by atoms with Crippen LogP contribution >= 0.6 is 11.3 Å². The van der Waals surface area contributed by atoms with Crippen LogP contribution in [0.15, 0.2) is 200 Å². The maximum atomic E-state index is 2.52. The van der Waals surface area contributed by atoms with Gasteiger partial charge in [-0.15, -0.1) is 11.3 Å². The summed E-state index contributed by atoms with van der Waals surface area (Å²) in [5.41, 5.74) is 16.1. The summed E-state index contributed by atoms with van der Waals surface area (Å²) in [6.07, 6.45) is 0. The van der Waals surface area contributed by atoms with E-state index in [9.17, 15) is 0 Å². The lowest BCUT2D eigenvalue weighted by Crippen LogP contribution is -2.26. The number of hydrogen-bond donors (Lipinski definition) is 0. The van der Waals surface area contributed by atoms with Gasteiger partial charge in [-0.05, 0) is 91.9 Å². The summed E-state index contributed by atoms with van der Waals surface area (Å²) in [7, 11) is 0. The summed E-state index contributed by atoms with van der Waals surface area (Å²) in [5, 5.41) is 5.06. The molecule has 2 heteroatoms. The van der Waals surface area contributed by atoms with E-state index in [1.165, 1.54) is 86.6 Å². The number of para-hydroxylation sites is 1. The topological polar surface area (TPSA) is 3.24 Å². The summed E-state index contributed by atoms with van der Waals surface area (Å²) in [4.78, 5) is 2.52. The van der Waals surface area contributed by atoms with Gasteiger partial charge < -0.3 is 4.90 Å². The molecule has 0 fully saturated rings. The van der Waals surface area contributed by atoms with E-state index in [1.54, 1.807) is 0 Å². The van der Waals surface area contributed by atoms with E-state index in [0.717, 1.165) is 17.1 Å². The summed E-state index contributed by atoms with van der Waals surface area (Å²) in [6.45, 7) is 0. The Morgan fingerprint density at radius 1 is 0.345 bits per heavy atom. The van der Waals surface area contributed by atoms with Crippen LogP contribution in [0.5, 0.6) is 0 Å². The molecule has 1 spiro atoms. The minimum Gasteiger partial charge on any atom is -0.309 e. The van der Waals surface area contributed by atoms with Crippen LogP contribution < -0.4 is 4.90 Å². The van der Waals surface area contributed by atoms with Crippen molar-refractivity contribution >= 4 is 59.3 Å². The molecule has 0 radical (unpaired) electrons. The fourth-order valence-corrected chi connectivity index (χ4v) is 11.1. The molecule has 12 rings (SSSR count). The van der Waals surface area contributed by atoms with Crippen LogP contribution in [0.25, 0.3) is 64.3 Å². The quantitative estimate of drug-likeness (QED) is 0.175. The smallest absolute Gasteiger partial charge is 0.0726 e. The second-order valence-corrected chi connectivity index (χ2v) is 15.8. The molecular formula is C53H33NS. The molecule has 0 N–H and O–H groups in total. The van der Waals surface area contributed by atoms with E-state index in [0.29, 0.717) is 0 Å². The molecule has 0 aliphatic heterocycles. The maximum Gasteiger partial charge on any atom is 0.0726 e. The lowest BCUT2D eigenvalue weighted by Gasteiger charge is -2.33. The standard InChI is InChI=1S/C53H33NS/c1-2-17-36-34(15-1)16-13-28-48(36)54(49-27-11-6-21-41(49)42-23-14-30-51-52(42)43-22-7-12-29-50(43)55-51)35-31-32-40-39-20-5-10-26-46(39)53(47(40)33-35)44-24-8-3-18-37(44)38-19-4-9-25-45(38)53/h1-33H. The van der Waals surface area contributed by atoms with Gasteiger partial charge in [0.15, 0.2) is 0 Å². The van der Waals surface area contributed by atoms with Gasteiger partial charge in [0.25, 0.3) is 0 Å². The molecule has 2 aliphatic carbocycles. The van der Waals surface area contributed by atoms with Crippen molar-refractivity contribution in [2.75, 3.05) is 4.90 Å². The number of thiophene rings is 1. The first-order valence-electron chi connectivity index (χ1n) is 19.0. The van der Waals surface area contributed by atoms with E-state index < -0.39 is 5.41 Å². The molecule has 2 aliphatic rings. The molecule has 1 nitrogen and oxygen atoms in total. The van der Waals surface area contributed by atoms with E-state index in [1.807, 2.05) is 11.3 Å². The fourth-order valence-electron chi connectivity index (χ4n) is 9.93. The summed E-state index contributed by atoms with van der Waals surface area (Å²) < 4.78 is 2.62.